The number of H-pyrrole nitrogens is 1. The van der Waals surface area contributed by atoms with Crippen LogP contribution in [-0.4, -0.2) is 14.8 Å². The fraction of sp³-hybridized carbons (Fsp3) is 0.143. The zero-order chi connectivity index (χ0) is 15.1. The maximum atomic E-state index is 13.2. The Balaban J connectivity index is 2.46. The van der Waals surface area contributed by atoms with Gasteiger partial charge >= 0.3 is 0 Å². The summed E-state index contributed by atoms with van der Waals surface area (Å²) in [5.41, 5.74) is 6.08. The number of rotatable bonds is 2. The lowest BCUT2D eigenvalue weighted by Crippen LogP contribution is -2.26. The molecule has 3 N–H and O–H groups in total. The fourth-order valence-corrected chi connectivity index (χ4v) is 2.58. The zero-order valence-electron chi connectivity index (χ0n) is 11.1. The number of pyridine rings is 1. The lowest BCUT2D eigenvalue weighted by molar-refractivity contribution is 0.579. The summed E-state index contributed by atoms with van der Waals surface area (Å²) in [5.74, 6) is -0.488. The van der Waals surface area contributed by atoms with Gasteiger partial charge in [0.15, 0.2) is 5.82 Å². The monoisotopic (exact) mass is 306 g/mol. The average Bonchev–Trinajstić information content (AvgIpc) is 2.84. The van der Waals surface area contributed by atoms with E-state index in [4.69, 9.17) is 17.3 Å². The summed E-state index contributed by atoms with van der Waals surface area (Å²) >= 11 is 6.11. The average molecular weight is 307 g/mol. The predicted octanol–water partition coefficient (Wildman–Crippen LogP) is 2.53. The standard InChI is InChI=1S/C14H12ClFN4O/c1-7(17)10-5-8-3-2-4-9(15)13(8)14(21)20(10)12-6-11(16)18-19-12/h2-7H,17H2,1H3,(H,18,19). The van der Waals surface area contributed by atoms with Gasteiger partial charge in [-0.25, -0.2) is 0 Å². The Morgan fingerprint density at radius 2 is 2.19 bits per heavy atom. The van der Waals surface area contributed by atoms with E-state index in [0.29, 0.717) is 21.5 Å². The molecule has 2 heterocycles. The normalized spacial score (nSPS) is 12.8. The van der Waals surface area contributed by atoms with E-state index < -0.39 is 12.0 Å². The van der Waals surface area contributed by atoms with Gasteiger partial charge in [0, 0.05) is 17.8 Å². The van der Waals surface area contributed by atoms with Gasteiger partial charge in [-0.3, -0.25) is 14.5 Å². The van der Waals surface area contributed by atoms with E-state index in [1.807, 2.05) is 0 Å². The van der Waals surface area contributed by atoms with Crippen molar-refractivity contribution < 1.29 is 4.39 Å². The van der Waals surface area contributed by atoms with Gasteiger partial charge in [0.1, 0.15) is 0 Å². The van der Waals surface area contributed by atoms with Crippen molar-refractivity contribution in [1.29, 1.82) is 0 Å². The van der Waals surface area contributed by atoms with Crippen LogP contribution in [0.5, 0.6) is 0 Å². The quantitative estimate of drug-likeness (QED) is 0.764. The number of aromatic nitrogens is 3. The maximum Gasteiger partial charge on any atom is 0.265 e. The van der Waals surface area contributed by atoms with Crippen LogP contribution in [0.1, 0.15) is 18.7 Å². The van der Waals surface area contributed by atoms with Gasteiger partial charge in [-0.05, 0) is 24.4 Å². The molecule has 0 saturated heterocycles. The van der Waals surface area contributed by atoms with Crippen molar-refractivity contribution in [2.45, 2.75) is 13.0 Å². The summed E-state index contributed by atoms with van der Waals surface area (Å²) in [7, 11) is 0. The van der Waals surface area contributed by atoms with E-state index in [-0.39, 0.29) is 11.4 Å². The van der Waals surface area contributed by atoms with Crippen molar-refractivity contribution in [1.82, 2.24) is 14.8 Å². The van der Waals surface area contributed by atoms with E-state index in [2.05, 4.69) is 10.2 Å². The molecule has 0 radical (unpaired) electrons. The first-order valence-electron chi connectivity index (χ1n) is 6.30. The number of fused-ring (bicyclic) bond motifs is 1. The minimum absolute atomic E-state index is 0.145. The Morgan fingerprint density at radius 3 is 2.81 bits per heavy atom. The first-order chi connectivity index (χ1) is 9.99. The minimum Gasteiger partial charge on any atom is -0.323 e. The highest BCUT2D eigenvalue weighted by molar-refractivity contribution is 6.35. The van der Waals surface area contributed by atoms with E-state index in [9.17, 15) is 9.18 Å². The summed E-state index contributed by atoms with van der Waals surface area (Å²) in [6.45, 7) is 1.74. The Kier molecular flexibility index (Phi) is 3.27. The fourth-order valence-electron chi connectivity index (χ4n) is 2.31. The molecule has 3 aromatic rings. The highest BCUT2D eigenvalue weighted by atomic mass is 35.5. The van der Waals surface area contributed by atoms with Gasteiger partial charge < -0.3 is 5.73 Å². The first kappa shape index (κ1) is 13.8. The van der Waals surface area contributed by atoms with Crippen LogP contribution in [0.3, 0.4) is 0 Å². The van der Waals surface area contributed by atoms with Crippen molar-refractivity contribution in [3.63, 3.8) is 0 Å². The van der Waals surface area contributed by atoms with E-state index in [0.717, 1.165) is 6.07 Å². The van der Waals surface area contributed by atoms with Crippen LogP contribution in [0, 0.1) is 5.95 Å². The second kappa shape index (κ2) is 4.98. The van der Waals surface area contributed by atoms with Gasteiger partial charge in [-0.1, -0.05) is 23.7 Å². The predicted molar refractivity (Wildman–Crippen MR) is 79.3 cm³/mol. The molecule has 0 fully saturated rings. The number of aromatic amines is 1. The van der Waals surface area contributed by atoms with Crippen molar-refractivity contribution in [3.8, 4) is 5.82 Å². The zero-order valence-corrected chi connectivity index (χ0v) is 11.9. The lowest BCUT2D eigenvalue weighted by atomic mass is 10.1. The second-order valence-electron chi connectivity index (χ2n) is 4.78. The summed E-state index contributed by atoms with van der Waals surface area (Å²) in [6, 6.07) is 7.64. The van der Waals surface area contributed by atoms with E-state index in [1.54, 1.807) is 31.2 Å². The number of halogens is 2. The Hall–Kier alpha value is -2.18. The van der Waals surface area contributed by atoms with Gasteiger partial charge in [-0.15, -0.1) is 0 Å². The summed E-state index contributed by atoms with van der Waals surface area (Å²) in [6.07, 6.45) is 0. The molecule has 108 valence electrons. The van der Waals surface area contributed by atoms with Crippen molar-refractivity contribution in [2.75, 3.05) is 0 Å². The third-order valence-corrected chi connectivity index (χ3v) is 3.57. The molecule has 0 spiro atoms. The molecule has 1 aromatic carbocycles. The van der Waals surface area contributed by atoms with Crippen molar-refractivity contribution >= 4 is 22.4 Å². The van der Waals surface area contributed by atoms with Crippen molar-refractivity contribution in [3.05, 3.63) is 57.3 Å². The molecule has 21 heavy (non-hydrogen) atoms. The van der Waals surface area contributed by atoms with Crippen LogP contribution in [0.2, 0.25) is 5.02 Å². The van der Waals surface area contributed by atoms with E-state index in [1.165, 1.54) is 4.57 Å². The number of nitrogens with two attached hydrogens (primary N) is 1. The molecule has 7 heteroatoms. The van der Waals surface area contributed by atoms with Gasteiger partial charge in [0.25, 0.3) is 5.56 Å². The molecular weight excluding hydrogens is 295 g/mol. The van der Waals surface area contributed by atoms with Crippen molar-refractivity contribution in [2.24, 2.45) is 5.73 Å². The van der Waals surface area contributed by atoms with Crippen LogP contribution in [0.15, 0.2) is 35.1 Å². The Morgan fingerprint density at radius 1 is 1.43 bits per heavy atom. The first-order valence-corrected chi connectivity index (χ1v) is 6.68. The highest BCUT2D eigenvalue weighted by Gasteiger charge is 2.17. The maximum absolute atomic E-state index is 13.2. The van der Waals surface area contributed by atoms with Crippen LogP contribution in [0.25, 0.3) is 16.6 Å². The molecule has 0 aliphatic heterocycles. The molecule has 5 nitrogen and oxygen atoms in total. The third kappa shape index (κ3) is 2.22. The smallest absolute Gasteiger partial charge is 0.265 e. The van der Waals surface area contributed by atoms with Gasteiger partial charge in [0.05, 0.1) is 10.4 Å². The highest BCUT2D eigenvalue weighted by Crippen LogP contribution is 2.24. The molecule has 0 saturated carbocycles. The molecule has 0 aliphatic carbocycles. The number of hydrogen-bond donors (Lipinski definition) is 2. The third-order valence-electron chi connectivity index (χ3n) is 3.25. The lowest BCUT2D eigenvalue weighted by Gasteiger charge is -2.15. The van der Waals surface area contributed by atoms with Gasteiger partial charge in [0.2, 0.25) is 5.95 Å². The summed E-state index contributed by atoms with van der Waals surface area (Å²) in [4.78, 5) is 12.7. The number of nitrogens with zero attached hydrogens (tertiary/aromatic N) is 2. The number of hydrogen-bond acceptors (Lipinski definition) is 3. The largest absolute Gasteiger partial charge is 0.323 e. The van der Waals surface area contributed by atoms with Crippen LogP contribution in [0.4, 0.5) is 4.39 Å². The molecule has 1 unspecified atom stereocenters. The van der Waals surface area contributed by atoms with Crippen LogP contribution >= 0.6 is 11.6 Å². The molecule has 2 aromatic heterocycles. The number of benzene rings is 1. The van der Waals surface area contributed by atoms with Crippen LogP contribution in [-0.2, 0) is 0 Å². The van der Waals surface area contributed by atoms with Crippen LogP contribution < -0.4 is 11.3 Å². The molecule has 0 amide bonds. The number of nitrogens with one attached hydrogen (secondary N) is 1. The molecule has 0 aliphatic rings. The molecule has 0 bridgehead atoms. The second-order valence-corrected chi connectivity index (χ2v) is 5.18. The Bertz CT molecular complexity index is 884. The summed E-state index contributed by atoms with van der Waals surface area (Å²) in [5, 5.41) is 7.34. The minimum atomic E-state index is -0.633. The van der Waals surface area contributed by atoms with E-state index >= 15 is 0 Å². The molecule has 1 atom stereocenters. The topological polar surface area (TPSA) is 76.7 Å². The summed E-state index contributed by atoms with van der Waals surface area (Å²) < 4.78 is 14.5. The molecular formula is C14H12ClFN4O. The Labute approximate surface area is 124 Å². The molecule has 3 rings (SSSR count). The SMILES string of the molecule is CC(N)c1cc2cccc(Cl)c2c(=O)n1-c1cc(F)[nH]n1. The van der Waals surface area contributed by atoms with Gasteiger partial charge in [-0.2, -0.15) is 9.49 Å².